The van der Waals surface area contributed by atoms with Crippen LogP contribution in [-0.2, 0) is 4.79 Å². The standard InChI is InChI=1S/C25H51NO2.Na/c1-4-7-9-11-13-15-17-22-26(23-18-16-14-12-10-8-5-2)24(19-6-3)20-21-25(27)28;/h24H,4-23H2,1-3H3,(H,27,28);/q;+1/p-1. The van der Waals surface area contributed by atoms with Gasteiger partial charge in [0.2, 0.25) is 0 Å². The fourth-order valence-electron chi connectivity index (χ4n) is 4.15. The first-order valence-corrected chi connectivity index (χ1v) is 12.6. The van der Waals surface area contributed by atoms with E-state index in [1.54, 1.807) is 0 Å². The second-order valence-electron chi connectivity index (χ2n) is 8.63. The number of nitrogens with zero attached hydrogens (tertiary/aromatic N) is 1. The summed E-state index contributed by atoms with van der Waals surface area (Å²) in [4.78, 5) is 13.6. The summed E-state index contributed by atoms with van der Waals surface area (Å²) < 4.78 is 0. The Kier molecular flexibility index (Phi) is 26.9. The van der Waals surface area contributed by atoms with Crippen molar-refractivity contribution in [2.75, 3.05) is 13.1 Å². The third-order valence-electron chi connectivity index (χ3n) is 5.92. The normalized spacial score (nSPS) is 12.1. The van der Waals surface area contributed by atoms with Crippen LogP contribution in [0.2, 0.25) is 0 Å². The number of carboxylic acids is 1. The van der Waals surface area contributed by atoms with Gasteiger partial charge in [-0.3, -0.25) is 0 Å². The Labute approximate surface area is 205 Å². The minimum absolute atomic E-state index is 0. The van der Waals surface area contributed by atoms with Crippen molar-refractivity contribution >= 4 is 5.97 Å². The molecule has 0 bridgehead atoms. The van der Waals surface area contributed by atoms with Gasteiger partial charge < -0.3 is 14.8 Å². The first-order chi connectivity index (χ1) is 13.7. The van der Waals surface area contributed by atoms with E-state index in [1.807, 2.05) is 0 Å². The van der Waals surface area contributed by atoms with Gasteiger partial charge in [-0.25, -0.2) is 0 Å². The smallest absolute Gasteiger partial charge is 0.550 e. The summed E-state index contributed by atoms with van der Waals surface area (Å²) in [6, 6.07) is 0.420. The molecule has 0 N–H and O–H groups in total. The molecule has 1 atom stereocenters. The van der Waals surface area contributed by atoms with Gasteiger partial charge in [0.05, 0.1) is 0 Å². The molecule has 29 heavy (non-hydrogen) atoms. The maximum absolute atomic E-state index is 11.0. The van der Waals surface area contributed by atoms with Gasteiger partial charge in [-0.05, 0) is 45.2 Å². The van der Waals surface area contributed by atoms with Crippen molar-refractivity contribution in [3.63, 3.8) is 0 Å². The third-order valence-corrected chi connectivity index (χ3v) is 5.92. The summed E-state index contributed by atoms with van der Waals surface area (Å²) in [6.45, 7) is 9.03. The number of rotatable bonds is 22. The largest absolute Gasteiger partial charge is 1.00 e. The van der Waals surface area contributed by atoms with Gasteiger partial charge in [0.1, 0.15) is 0 Å². The van der Waals surface area contributed by atoms with Gasteiger partial charge in [-0.2, -0.15) is 0 Å². The zero-order valence-electron chi connectivity index (χ0n) is 20.5. The molecule has 4 heteroatoms. The number of hydrogen-bond donors (Lipinski definition) is 0. The summed E-state index contributed by atoms with van der Waals surface area (Å²) >= 11 is 0. The van der Waals surface area contributed by atoms with Crippen molar-refractivity contribution < 1.29 is 39.5 Å². The molecule has 0 fully saturated rings. The molecule has 0 aromatic rings. The predicted octanol–water partition coefficient (Wildman–Crippen LogP) is 3.49. The van der Waals surface area contributed by atoms with Crippen LogP contribution in [0.3, 0.4) is 0 Å². The third kappa shape index (κ3) is 21.4. The second kappa shape index (κ2) is 24.7. The number of hydrogen-bond acceptors (Lipinski definition) is 3. The molecule has 0 aliphatic rings. The van der Waals surface area contributed by atoms with Crippen LogP contribution in [0.15, 0.2) is 0 Å². The molecule has 0 saturated carbocycles. The van der Waals surface area contributed by atoms with E-state index in [1.165, 1.54) is 89.9 Å². The van der Waals surface area contributed by atoms with Crippen LogP contribution in [0.4, 0.5) is 0 Å². The maximum Gasteiger partial charge on any atom is 1.00 e. The summed E-state index contributed by atoms with van der Waals surface area (Å²) in [5.74, 6) is -0.895. The Morgan fingerprint density at radius 2 is 1.07 bits per heavy atom. The number of carbonyl (C=O) groups is 1. The first-order valence-electron chi connectivity index (χ1n) is 12.6. The molecular formula is C25H50NNaO2. The zero-order valence-corrected chi connectivity index (χ0v) is 22.5. The SMILES string of the molecule is CCCCCCCCCN(CCCCCCCCC)C(CCC)CCC(=O)[O-].[Na+]. The van der Waals surface area contributed by atoms with Gasteiger partial charge in [-0.15, -0.1) is 0 Å². The van der Waals surface area contributed by atoms with Crippen molar-refractivity contribution in [2.24, 2.45) is 0 Å². The first kappa shape index (κ1) is 31.6. The summed E-state index contributed by atoms with van der Waals surface area (Å²) in [6.07, 6.45) is 21.9. The van der Waals surface area contributed by atoms with Gasteiger partial charge in [-0.1, -0.05) is 104 Å². The summed E-state index contributed by atoms with van der Waals surface area (Å²) in [7, 11) is 0. The molecule has 0 aromatic carbocycles. The Balaban J connectivity index is 0. The van der Waals surface area contributed by atoms with Crippen LogP contribution in [-0.4, -0.2) is 30.0 Å². The van der Waals surface area contributed by atoms with E-state index in [0.717, 1.165) is 32.4 Å². The molecule has 0 heterocycles. The Morgan fingerprint density at radius 1 is 0.655 bits per heavy atom. The molecule has 0 aliphatic carbocycles. The van der Waals surface area contributed by atoms with Crippen LogP contribution in [0, 0.1) is 0 Å². The van der Waals surface area contributed by atoms with Crippen LogP contribution >= 0.6 is 0 Å². The molecule has 0 amide bonds. The molecular weight excluding hydrogens is 369 g/mol. The average molecular weight is 420 g/mol. The van der Waals surface area contributed by atoms with E-state index in [9.17, 15) is 9.90 Å². The van der Waals surface area contributed by atoms with Crippen LogP contribution in [0.5, 0.6) is 0 Å². The second-order valence-corrected chi connectivity index (χ2v) is 8.63. The molecule has 0 spiro atoms. The van der Waals surface area contributed by atoms with Crippen molar-refractivity contribution in [1.29, 1.82) is 0 Å². The van der Waals surface area contributed by atoms with E-state index in [-0.39, 0.29) is 36.0 Å². The van der Waals surface area contributed by atoms with Crippen LogP contribution in [0.25, 0.3) is 0 Å². The molecule has 0 rings (SSSR count). The molecule has 168 valence electrons. The number of carbonyl (C=O) groups excluding carboxylic acids is 1. The van der Waals surface area contributed by atoms with E-state index >= 15 is 0 Å². The Hall–Kier alpha value is 0.430. The Bertz CT molecular complexity index is 321. The zero-order chi connectivity index (χ0) is 20.9. The predicted molar refractivity (Wildman–Crippen MR) is 120 cm³/mol. The van der Waals surface area contributed by atoms with Gasteiger partial charge in [0, 0.05) is 12.0 Å². The molecule has 0 radical (unpaired) electrons. The number of aliphatic carboxylic acids is 1. The van der Waals surface area contributed by atoms with Crippen molar-refractivity contribution in [3.05, 3.63) is 0 Å². The van der Waals surface area contributed by atoms with Gasteiger partial charge in [0.15, 0.2) is 0 Å². The van der Waals surface area contributed by atoms with Crippen LogP contribution < -0.4 is 34.7 Å². The van der Waals surface area contributed by atoms with Crippen molar-refractivity contribution in [1.82, 2.24) is 4.90 Å². The van der Waals surface area contributed by atoms with E-state index < -0.39 is 5.97 Å². The topological polar surface area (TPSA) is 43.4 Å². The fourth-order valence-corrected chi connectivity index (χ4v) is 4.15. The molecule has 3 nitrogen and oxygen atoms in total. The number of unbranched alkanes of at least 4 members (excludes halogenated alkanes) is 12. The van der Waals surface area contributed by atoms with Gasteiger partial charge >= 0.3 is 29.6 Å². The van der Waals surface area contributed by atoms with E-state index in [4.69, 9.17) is 0 Å². The Morgan fingerprint density at radius 3 is 1.45 bits per heavy atom. The van der Waals surface area contributed by atoms with E-state index in [2.05, 4.69) is 25.7 Å². The molecule has 0 aliphatic heterocycles. The molecule has 1 unspecified atom stereocenters. The van der Waals surface area contributed by atoms with Crippen molar-refractivity contribution in [3.8, 4) is 0 Å². The minimum atomic E-state index is -0.895. The van der Waals surface area contributed by atoms with Crippen LogP contribution in [0.1, 0.15) is 136 Å². The average Bonchev–Trinajstić information content (AvgIpc) is 2.68. The summed E-state index contributed by atoms with van der Waals surface area (Å²) in [5.41, 5.74) is 0. The monoisotopic (exact) mass is 419 g/mol. The molecule has 0 saturated heterocycles. The van der Waals surface area contributed by atoms with Crippen molar-refractivity contribution in [2.45, 2.75) is 142 Å². The van der Waals surface area contributed by atoms with E-state index in [0.29, 0.717) is 6.04 Å². The fraction of sp³-hybridized carbons (Fsp3) is 0.960. The summed E-state index contributed by atoms with van der Waals surface area (Å²) in [5, 5.41) is 11.0. The quantitative estimate of drug-likeness (QED) is 0.199. The minimum Gasteiger partial charge on any atom is -0.550 e. The molecule has 0 aromatic heterocycles. The maximum atomic E-state index is 11.0. The van der Waals surface area contributed by atoms with Gasteiger partial charge in [0.25, 0.3) is 0 Å². The number of carboxylic acid groups (broad SMARTS) is 1.